The number of hydrogen-bond donors (Lipinski definition) is 1. The molecular weight excluding hydrogens is 418 g/mol. The lowest BCUT2D eigenvalue weighted by molar-refractivity contribution is 0.311. The molecule has 3 aromatic heterocycles. The fourth-order valence-corrected chi connectivity index (χ4v) is 4.68. The normalized spacial score (nSPS) is 19.8. The Morgan fingerprint density at radius 1 is 0.970 bits per heavy atom. The number of likely N-dealkylation sites (N-methyl/N-ethyl adjacent to an activating group) is 1. The molecule has 2 N–H and O–H groups in total. The fourth-order valence-electron chi connectivity index (χ4n) is 4.68. The predicted octanol–water partition coefficient (Wildman–Crippen LogP) is 2.26. The largest absolute Gasteiger partial charge is 0.368 e. The first-order valence-electron chi connectivity index (χ1n) is 11.6. The van der Waals surface area contributed by atoms with Gasteiger partial charge in [0.25, 0.3) is 0 Å². The molecule has 2 saturated heterocycles. The van der Waals surface area contributed by atoms with E-state index >= 15 is 0 Å². The van der Waals surface area contributed by atoms with Crippen molar-refractivity contribution in [3.05, 3.63) is 35.4 Å². The maximum atomic E-state index is 5.93. The number of hydrogen-bond acceptors (Lipinski definition) is 10. The molecule has 0 saturated carbocycles. The van der Waals surface area contributed by atoms with Crippen LogP contribution in [0.2, 0.25) is 0 Å². The van der Waals surface area contributed by atoms with Gasteiger partial charge in [-0.2, -0.15) is 4.98 Å². The number of nitrogens with zero attached hydrogens (tertiary/aromatic N) is 8. The molecule has 5 rings (SSSR count). The van der Waals surface area contributed by atoms with Crippen LogP contribution in [0.3, 0.4) is 0 Å². The third kappa shape index (κ3) is 4.61. The lowest BCUT2D eigenvalue weighted by atomic mass is 9.91. The van der Waals surface area contributed by atoms with Gasteiger partial charge in [0.1, 0.15) is 5.82 Å². The standard InChI is InChI=1S/C23H31N9O/c1-15-12-20(27-22(24)26-15)32-6-4-5-17(14-32)21-18(19-11-16(2)29-33-19)13-25-23(28-21)31-9-7-30(3)8-10-31/h11-13,17H,4-10,14H2,1-3H3,(H2,24,26,27)/t17-/m1/s1. The van der Waals surface area contributed by atoms with Crippen LogP contribution in [-0.2, 0) is 0 Å². The lowest BCUT2D eigenvalue weighted by Gasteiger charge is -2.35. The van der Waals surface area contributed by atoms with Gasteiger partial charge in [-0.25, -0.2) is 15.0 Å². The summed E-state index contributed by atoms with van der Waals surface area (Å²) in [5.74, 6) is 2.90. The number of anilines is 3. The van der Waals surface area contributed by atoms with Crippen LogP contribution in [0, 0.1) is 13.8 Å². The summed E-state index contributed by atoms with van der Waals surface area (Å²) in [4.78, 5) is 25.4. The summed E-state index contributed by atoms with van der Waals surface area (Å²) < 4.78 is 5.62. The number of aryl methyl sites for hydroxylation is 2. The molecule has 174 valence electrons. The highest BCUT2D eigenvalue weighted by Crippen LogP contribution is 2.35. The summed E-state index contributed by atoms with van der Waals surface area (Å²) in [6.07, 6.45) is 3.98. The van der Waals surface area contributed by atoms with Crippen LogP contribution in [0.15, 0.2) is 22.9 Å². The van der Waals surface area contributed by atoms with E-state index in [1.54, 1.807) is 0 Å². The molecule has 0 aromatic carbocycles. The average Bonchev–Trinajstić information content (AvgIpc) is 3.25. The van der Waals surface area contributed by atoms with Crippen LogP contribution in [0.1, 0.15) is 35.8 Å². The number of nitrogens with two attached hydrogens (primary N) is 1. The molecule has 5 heterocycles. The second kappa shape index (κ2) is 8.93. The SMILES string of the molecule is Cc1cc(-c2cnc(N3CCN(C)CC3)nc2[C@@H]2CCCN(c3cc(C)nc(N)n3)C2)on1. The number of piperidine rings is 1. The van der Waals surface area contributed by atoms with E-state index in [4.69, 9.17) is 20.2 Å². The van der Waals surface area contributed by atoms with Crippen LogP contribution >= 0.6 is 0 Å². The van der Waals surface area contributed by atoms with Gasteiger partial charge in [-0.15, -0.1) is 0 Å². The molecule has 10 nitrogen and oxygen atoms in total. The summed E-state index contributed by atoms with van der Waals surface area (Å²) in [7, 11) is 2.15. The second-order valence-electron chi connectivity index (χ2n) is 9.10. The topological polar surface area (TPSA) is 113 Å². The Kier molecular flexibility index (Phi) is 5.84. The molecule has 0 spiro atoms. The van der Waals surface area contributed by atoms with Gasteiger partial charge in [0.05, 0.1) is 17.0 Å². The monoisotopic (exact) mass is 449 g/mol. The van der Waals surface area contributed by atoms with Gasteiger partial charge in [0, 0.05) is 69.2 Å². The highest BCUT2D eigenvalue weighted by molar-refractivity contribution is 5.62. The number of aromatic nitrogens is 5. The van der Waals surface area contributed by atoms with Crippen LogP contribution < -0.4 is 15.5 Å². The van der Waals surface area contributed by atoms with E-state index in [9.17, 15) is 0 Å². The molecule has 0 aliphatic carbocycles. The van der Waals surface area contributed by atoms with Crippen molar-refractivity contribution < 1.29 is 4.52 Å². The van der Waals surface area contributed by atoms with Crippen molar-refractivity contribution in [3.8, 4) is 11.3 Å². The van der Waals surface area contributed by atoms with Gasteiger partial charge < -0.3 is 25.0 Å². The first kappa shape index (κ1) is 21.6. The first-order valence-corrected chi connectivity index (χ1v) is 11.6. The molecule has 33 heavy (non-hydrogen) atoms. The Hall–Kier alpha value is -3.27. The van der Waals surface area contributed by atoms with Crippen molar-refractivity contribution in [1.29, 1.82) is 0 Å². The Bertz CT molecular complexity index is 1100. The molecule has 10 heteroatoms. The Labute approximate surface area is 193 Å². The van der Waals surface area contributed by atoms with Crippen molar-refractivity contribution in [2.24, 2.45) is 0 Å². The molecule has 2 fully saturated rings. The molecule has 2 aliphatic heterocycles. The van der Waals surface area contributed by atoms with Crippen molar-refractivity contribution >= 4 is 17.7 Å². The second-order valence-corrected chi connectivity index (χ2v) is 9.10. The smallest absolute Gasteiger partial charge is 0.225 e. The molecule has 0 amide bonds. The minimum absolute atomic E-state index is 0.213. The third-order valence-electron chi connectivity index (χ3n) is 6.48. The minimum Gasteiger partial charge on any atom is -0.368 e. The summed E-state index contributed by atoms with van der Waals surface area (Å²) in [6, 6.07) is 3.95. The van der Waals surface area contributed by atoms with Gasteiger partial charge >= 0.3 is 0 Å². The van der Waals surface area contributed by atoms with Crippen molar-refractivity contribution in [2.75, 3.05) is 61.8 Å². The molecule has 1 atom stereocenters. The van der Waals surface area contributed by atoms with Gasteiger partial charge in [-0.1, -0.05) is 5.16 Å². The molecule has 0 unspecified atom stereocenters. The van der Waals surface area contributed by atoms with Gasteiger partial charge in [0.2, 0.25) is 11.9 Å². The maximum absolute atomic E-state index is 5.93. The van der Waals surface area contributed by atoms with Crippen LogP contribution in [0.25, 0.3) is 11.3 Å². The molecule has 2 aliphatic rings. The van der Waals surface area contributed by atoms with Crippen LogP contribution in [-0.4, -0.2) is 76.3 Å². The highest BCUT2D eigenvalue weighted by Gasteiger charge is 2.29. The number of nitrogen functional groups attached to an aromatic ring is 1. The van der Waals surface area contributed by atoms with Gasteiger partial charge in [0.15, 0.2) is 5.76 Å². The average molecular weight is 450 g/mol. The minimum atomic E-state index is 0.213. The zero-order chi connectivity index (χ0) is 22.9. The summed E-state index contributed by atoms with van der Waals surface area (Å²) in [5, 5.41) is 4.09. The van der Waals surface area contributed by atoms with Crippen molar-refractivity contribution in [1.82, 2.24) is 30.0 Å². The zero-order valence-electron chi connectivity index (χ0n) is 19.5. The van der Waals surface area contributed by atoms with Gasteiger partial charge in [-0.05, 0) is 33.7 Å². The Balaban J connectivity index is 1.49. The van der Waals surface area contributed by atoms with E-state index in [0.717, 1.165) is 86.5 Å². The zero-order valence-corrected chi connectivity index (χ0v) is 19.5. The summed E-state index contributed by atoms with van der Waals surface area (Å²) in [6.45, 7) is 9.46. The molecule has 0 bridgehead atoms. The molecule has 0 radical (unpaired) electrons. The van der Waals surface area contributed by atoms with E-state index < -0.39 is 0 Å². The summed E-state index contributed by atoms with van der Waals surface area (Å²) in [5.41, 5.74) is 9.57. The van der Waals surface area contributed by atoms with Crippen LogP contribution in [0.4, 0.5) is 17.7 Å². The Morgan fingerprint density at radius 2 is 1.79 bits per heavy atom. The number of piperazine rings is 1. The van der Waals surface area contributed by atoms with E-state index in [-0.39, 0.29) is 5.92 Å². The van der Waals surface area contributed by atoms with Crippen molar-refractivity contribution in [3.63, 3.8) is 0 Å². The molecular formula is C23H31N9O. The van der Waals surface area contributed by atoms with E-state index in [1.807, 2.05) is 32.2 Å². The predicted molar refractivity (Wildman–Crippen MR) is 127 cm³/mol. The third-order valence-corrected chi connectivity index (χ3v) is 6.48. The number of rotatable bonds is 4. The fraction of sp³-hybridized carbons (Fsp3) is 0.522. The van der Waals surface area contributed by atoms with Gasteiger partial charge in [-0.3, -0.25) is 0 Å². The van der Waals surface area contributed by atoms with E-state index in [1.165, 1.54) is 0 Å². The quantitative estimate of drug-likeness (QED) is 0.636. The first-order chi connectivity index (χ1) is 16.0. The van der Waals surface area contributed by atoms with Crippen molar-refractivity contribution in [2.45, 2.75) is 32.6 Å². The highest BCUT2D eigenvalue weighted by atomic mass is 16.5. The Morgan fingerprint density at radius 3 is 2.52 bits per heavy atom. The maximum Gasteiger partial charge on any atom is 0.225 e. The lowest BCUT2D eigenvalue weighted by Crippen LogP contribution is -2.45. The summed E-state index contributed by atoms with van der Waals surface area (Å²) >= 11 is 0. The molecule has 3 aromatic rings. The van der Waals surface area contributed by atoms with E-state index in [0.29, 0.717) is 11.7 Å². The van der Waals surface area contributed by atoms with Crippen LogP contribution in [0.5, 0.6) is 0 Å². The van der Waals surface area contributed by atoms with E-state index in [2.05, 4.69) is 36.9 Å².